The van der Waals surface area contributed by atoms with Crippen molar-refractivity contribution in [3.05, 3.63) is 29.8 Å². The highest BCUT2D eigenvalue weighted by Crippen LogP contribution is 2.49. The lowest BCUT2D eigenvalue weighted by molar-refractivity contribution is -0.146. The predicted molar refractivity (Wildman–Crippen MR) is 100 cm³/mol. The second-order valence-electron chi connectivity index (χ2n) is 7.77. The molecule has 2 fully saturated rings. The van der Waals surface area contributed by atoms with Crippen molar-refractivity contribution in [2.24, 2.45) is 5.41 Å². The molecule has 0 N–H and O–H groups in total. The smallest absolute Gasteiger partial charge is 0.247 e. The average Bonchev–Trinajstić information content (AvgIpc) is 2.69. The van der Waals surface area contributed by atoms with Gasteiger partial charge in [0.1, 0.15) is 6.23 Å². The summed E-state index contributed by atoms with van der Waals surface area (Å²) in [5, 5.41) is 0. The molecule has 1 aromatic carbocycles. The summed E-state index contributed by atoms with van der Waals surface area (Å²) < 4.78 is 6.06. The molecule has 1 aromatic rings. The number of hydrogen-bond acceptors (Lipinski definition) is 4. The summed E-state index contributed by atoms with van der Waals surface area (Å²) in [6, 6.07) is 7.38. The number of ether oxygens (including phenoxy) is 1. The van der Waals surface area contributed by atoms with Crippen LogP contribution in [0.2, 0.25) is 0 Å². The minimum atomic E-state index is -0.296. The number of carbonyl (C=O) groups is 2. The van der Waals surface area contributed by atoms with Gasteiger partial charge in [-0.3, -0.25) is 19.4 Å². The van der Waals surface area contributed by atoms with Gasteiger partial charge in [0, 0.05) is 31.6 Å². The van der Waals surface area contributed by atoms with E-state index in [2.05, 4.69) is 11.8 Å². The summed E-state index contributed by atoms with van der Waals surface area (Å²) in [7, 11) is 0. The minimum Gasteiger partial charge on any atom is -0.358 e. The van der Waals surface area contributed by atoms with Gasteiger partial charge in [0.05, 0.1) is 11.7 Å². The lowest BCUT2D eigenvalue weighted by Crippen LogP contribution is -2.67. The Kier molecular flexibility index (Phi) is 4.61. The Morgan fingerprint density at radius 2 is 2.00 bits per heavy atom. The molecule has 3 aliphatic heterocycles. The number of hydrogen-bond donors (Lipinski definition) is 0. The van der Waals surface area contributed by atoms with E-state index in [-0.39, 0.29) is 29.4 Å². The van der Waals surface area contributed by atoms with Crippen LogP contribution in [0.5, 0.6) is 0 Å². The van der Waals surface area contributed by atoms with Crippen molar-refractivity contribution in [3.8, 4) is 0 Å². The highest BCUT2D eigenvalue weighted by molar-refractivity contribution is 6.08. The largest absolute Gasteiger partial charge is 0.358 e. The normalized spacial score (nSPS) is 31.8. The van der Waals surface area contributed by atoms with Crippen LogP contribution in [0.3, 0.4) is 0 Å². The Bertz CT molecular complexity index is 719. The van der Waals surface area contributed by atoms with Gasteiger partial charge in [-0.1, -0.05) is 19.1 Å². The maximum atomic E-state index is 13.8. The quantitative estimate of drug-likeness (QED) is 0.834. The number of piperidine rings is 2. The van der Waals surface area contributed by atoms with Crippen LogP contribution in [0.4, 0.5) is 5.69 Å². The number of rotatable bonds is 3. The lowest BCUT2D eigenvalue weighted by Gasteiger charge is -2.55. The van der Waals surface area contributed by atoms with Gasteiger partial charge in [0.25, 0.3) is 0 Å². The van der Waals surface area contributed by atoms with Gasteiger partial charge in [-0.05, 0) is 50.3 Å². The molecule has 4 rings (SSSR count). The maximum absolute atomic E-state index is 13.8. The fourth-order valence-electron chi connectivity index (χ4n) is 5.29. The first-order chi connectivity index (χ1) is 12.6. The van der Waals surface area contributed by atoms with Crippen LogP contribution in [0.1, 0.15) is 56.3 Å². The Balaban J connectivity index is 1.89. The topological polar surface area (TPSA) is 49.9 Å². The number of carbonyl (C=O) groups excluding carboxylic acids is 2. The summed E-state index contributed by atoms with van der Waals surface area (Å²) in [6.07, 6.45) is 4.12. The molecule has 0 saturated carbocycles. The van der Waals surface area contributed by atoms with E-state index in [9.17, 15) is 9.59 Å². The fraction of sp³-hybridized carbons (Fsp3) is 0.619. The number of fused-ring (bicyclic) bond motifs is 3. The third kappa shape index (κ3) is 2.60. The van der Waals surface area contributed by atoms with E-state index in [0.29, 0.717) is 25.1 Å². The van der Waals surface area contributed by atoms with E-state index in [4.69, 9.17) is 4.74 Å². The van der Waals surface area contributed by atoms with Gasteiger partial charge in [0.2, 0.25) is 5.91 Å². The zero-order valence-corrected chi connectivity index (χ0v) is 15.7. The van der Waals surface area contributed by atoms with E-state index in [0.717, 1.165) is 37.9 Å². The van der Waals surface area contributed by atoms with Gasteiger partial charge in [-0.25, -0.2) is 0 Å². The molecule has 5 heteroatoms. The van der Waals surface area contributed by atoms with E-state index in [1.807, 2.05) is 31.2 Å². The summed E-state index contributed by atoms with van der Waals surface area (Å²) in [5.41, 5.74) is 1.32. The van der Waals surface area contributed by atoms with E-state index < -0.39 is 0 Å². The van der Waals surface area contributed by atoms with E-state index >= 15 is 0 Å². The van der Waals surface area contributed by atoms with Crippen LogP contribution < -0.4 is 4.90 Å². The molecule has 0 spiro atoms. The van der Waals surface area contributed by atoms with E-state index in [1.54, 1.807) is 4.90 Å². The van der Waals surface area contributed by atoms with Gasteiger partial charge in [-0.15, -0.1) is 0 Å². The Hall–Kier alpha value is -1.72. The second kappa shape index (κ2) is 6.78. The molecule has 5 nitrogen and oxygen atoms in total. The molecular formula is C21H28N2O3. The highest BCUT2D eigenvalue weighted by Gasteiger charge is 2.55. The van der Waals surface area contributed by atoms with Crippen molar-refractivity contribution in [1.29, 1.82) is 0 Å². The minimum absolute atomic E-state index is 0.0476. The van der Waals surface area contributed by atoms with Crippen LogP contribution in [-0.4, -0.2) is 48.6 Å². The first-order valence-corrected chi connectivity index (χ1v) is 9.92. The SMILES string of the molecule is CCO[C@H]1C[C@]2(CC)CCCN3CCC(=O)c4ccccc4N1C(=O)[C@@H]32. The Morgan fingerprint density at radius 3 is 2.77 bits per heavy atom. The van der Waals surface area contributed by atoms with Crippen molar-refractivity contribution in [1.82, 2.24) is 4.90 Å². The summed E-state index contributed by atoms with van der Waals surface area (Å²) in [5.74, 6) is 0.224. The van der Waals surface area contributed by atoms with Gasteiger partial charge in [-0.2, -0.15) is 0 Å². The zero-order valence-electron chi connectivity index (χ0n) is 15.7. The second-order valence-corrected chi connectivity index (χ2v) is 7.77. The zero-order chi connectivity index (χ0) is 18.3. The molecule has 1 amide bonds. The Morgan fingerprint density at radius 1 is 1.19 bits per heavy atom. The van der Waals surface area contributed by atoms with Crippen LogP contribution in [0.25, 0.3) is 0 Å². The molecule has 140 valence electrons. The lowest BCUT2D eigenvalue weighted by atomic mass is 9.65. The number of para-hydroxylation sites is 1. The molecule has 3 atom stereocenters. The molecule has 2 saturated heterocycles. The molecule has 26 heavy (non-hydrogen) atoms. The molecule has 3 heterocycles. The monoisotopic (exact) mass is 356 g/mol. The molecule has 0 radical (unpaired) electrons. The predicted octanol–water partition coefficient (Wildman–Crippen LogP) is 3.23. The number of benzene rings is 1. The first kappa shape index (κ1) is 17.7. The number of anilines is 1. The van der Waals surface area contributed by atoms with Gasteiger partial charge in [0.15, 0.2) is 5.78 Å². The van der Waals surface area contributed by atoms with Gasteiger partial charge >= 0.3 is 0 Å². The third-order valence-electron chi connectivity index (χ3n) is 6.56. The van der Waals surface area contributed by atoms with Crippen molar-refractivity contribution in [2.75, 3.05) is 24.6 Å². The van der Waals surface area contributed by atoms with Crippen LogP contribution in [-0.2, 0) is 9.53 Å². The van der Waals surface area contributed by atoms with Crippen LogP contribution >= 0.6 is 0 Å². The average molecular weight is 356 g/mol. The molecule has 2 bridgehead atoms. The number of amides is 1. The summed E-state index contributed by atoms with van der Waals surface area (Å²) >= 11 is 0. The molecule has 0 unspecified atom stereocenters. The molecule has 3 aliphatic rings. The molecule has 0 aliphatic carbocycles. The molecule has 0 aromatic heterocycles. The standard InChI is InChI=1S/C21H28N2O3/c1-3-21-11-7-12-22-13-10-17(24)15-8-5-6-9-16(15)23(20(25)19(21)22)18(14-21)26-4-2/h5-6,8-9,18-19H,3-4,7,10-14H2,1-2H3/t18-,19+,21-/m0/s1. The third-order valence-corrected chi connectivity index (χ3v) is 6.56. The molecular weight excluding hydrogens is 328 g/mol. The Labute approximate surface area is 155 Å². The number of Topliss-reactive ketones (excluding diaryl/α,β-unsaturated/α-hetero) is 1. The van der Waals surface area contributed by atoms with Crippen molar-refractivity contribution in [2.45, 2.75) is 58.2 Å². The van der Waals surface area contributed by atoms with Gasteiger partial charge < -0.3 is 4.74 Å². The van der Waals surface area contributed by atoms with E-state index in [1.165, 1.54) is 0 Å². The van der Waals surface area contributed by atoms with Crippen molar-refractivity contribution < 1.29 is 14.3 Å². The summed E-state index contributed by atoms with van der Waals surface area (Å²) in [4.78, 5) is 30.7. The number of nitrogens with zero attached hydrogens (tertiary/aromatic N) is 2. The first-order valence-electron chi connectivity index (χ1n) is 9.92. The van der Waals surface area contributed by atoms with Crippen LogP contribution in [0.15, 0.2) is 24.3 Å². The van der Waals surface area contributed by atoms with Crippen molar-refractivity contribution >= 4 is 17.4 Å². The van der Waals surface area contributed by atoms with Crippen molar-refractivity contribution in [3.63, 3.8) is 0 Å². The van der Waals surface area contributed by atoms with Crippen LogP contribution in [0, 0.1) is 5.41 Å². The summed E-state index contributed by atoms with van der Waals surface area (Å²) in [6.45, 7) is 6.28. The maximum Gasteiger partial charge on any atom is 0.247 e. The fourth-order valence-corrected chi connectivity index (χ4v) is 5.29. The number of ketones is 1. The highest BCUT2D eigenvalue weighted by atomic mass is 16.5.